The van der Waals surface area contributed by atoms with Gasteiger partial charge in [0.25, 0.3) is 0 Å². The molecule has 1 aromatic heterocycles. The highest BCUT2D eigenvalue weighted by Crippen LogP contribution is 2.24. The Morgan fingerprint density at radius 3 is 3.43 bits per heavy atom. The maximum atomic E-state index is 11.6. The Hall–Kier alpha value is -1.32. The standard InChI is InChI=1S/C10H14N2O2/c1-2-14-10(13)8-4-3-5-9-11-6-7-12(8)9/h6-8H,2-5H2,1H3/t8-/m1/s1. The topological polar surface area (TPSA) is 44.1 Å². The minimum atomic E-state index is -0.152. The molecule has 14 heavy (non-hydrogen) atoms. The van der Waals surface area contributed by atoms with Crippen LogP contribution in [0.1, 0.15) is 31.6 Å². The Kier molecular flexibility index (Phi) is 2.52. The van der Waals surface area contributed by atoms with Gasteiger partial charge in [-0.2, -0.15) is 0 Å². The molecule has 0 saturated carbocycles. The van der Waals surface area contributed by atoms with E-state index in [-0.39, 0.29) is 12.0 Å². The van der Waals surface area contributed by atoms with Gasteiger partial charge in [0.1, 0.15) is 11.9 Å². The Morgan fingerprint density at radius 2 is 2.64 bits per heavy atom. The number of aryl methyl sites for hydroxylation is 1. The molecule has 0 unspecified atom stereocenters. The molecule has 0 bridgehead atoms. The summed E-state index contributed by atoms with van der Waals surface area (Å²) in [7, 11) is 0. The van der Waals surface area contributed by atoms with Gasteiger partial charge in [0.05, 0.1) is 6.61 Å². The summed E-state index contributed by atoms with van der Waals surface area (Å²) in [6.45, 7) is 2.27. The number of hydrogen-bond acceptors (Lipinski definition) is 3. The van der Waals surface area contributed by atoms with Gasteiger partial charge in [-0.3, -0.25) is 0 Å². The maximum absolute atomic E-state index is 11.6. The van der Waals surface area contributed by atoms with Crippen LogP contribution in [0.4, 0.5) is 0 Å². The lowest BCUT2D eigenvalue weighted by Gasteiger charge is -2.23. The molecule has 0 aliphatic carbocycles. The molecule has 2 rings (SSSR count). The van der Waals surface area contributed by atoms with Crippen LogP contribution in [0.3, 0.4) is 0 Å². The van der Waals surface area contributed by atoms with Gasteiger partial charge in [-0.05, 0) is 19.8 Å². The molecule has 4 heteroatoms. The van der Waals surface area contributed by atoms with Crippen LogP contribution in [0.25, 0.3) is 0 Å². The normalized spacial score (nSPS) is 20.2. The van der Waals surface area contributed by atoms with Crippen molar-refractivity contribution in [2.45, 2.75) is 32.2 Å². The molecule has 1 aliphatic heterocycles. The van der Waals surface area contributed by atoms with Crippen molar-refractivity contribution in [1.29, 1.82) is 0 Å². The van der Waals surface area contributed by atoms with Crippen LogP contribution in [0, 0.1) is 0 Å². The first-order valence-corrected chi connectivity index (χ1v) is 5.01. The van der Waals surface area contributed by atoms with E-state index < -0.39 is 0 Å². The molecule has 76 valence electrons. The molecule has 0 fully saturated rings. The fraction of sp³-hybridized carbons (Fsp3) is 0.600. The van der Waals surface area contributed by atoms with Gasteiger partial charge in [0.2, 0.25) is 0 Å². The van der Waals surface area contributed by atoms with Crippen molar-refractivity contribution in [2.75, 3.05) is 6.61 Å². The molecule has 1 aromatic rings. The van der Waals surface area contributed by atoms with Crippen molar-refractivity contribution in [1.82, 2.24) is 9.55 Å². The number of aromatic nitrogens is 2. The second kappa shape index (κ2) is 3.82. The summed E-state index contributed by atoms with van der Waals surface area (Å²) in [6, 6.07) is -0.152. The second-order valence-corrected chi connectivity index (χ2v) is 3.41. The molecule has 1 atom stereocenters. The number of carbonyl (C=O) groups is 1. The fourth-order valence-corrected chi connectivity index (χ4v) is 1.88. The van der Waals surface area contributed by atoms with Gasteiger partial charge in [-0.1, -0.05) is 0 Å². The Bertz CT molecular complexity index is 333. The van der Waals surface area contributed by atoms with E-state index in [9.17, 15) is 4.79 Å². The first-order valence-electron chi connectivity index (χ1n) is 5.01. The van der Waals surface area contributed by atoms with Crippen LogP contribution in [-0.4, -0.2) is 22.1 Å². The minimum Gasteiger partial charge on any atom is -0.464 e. The maximum Gasteiger partial charge on any atom is 0.329 e. The Labute approximate surface area is 82.9 Å². The van der Waals surface area contributed by atoms with Crippen LogP contribution in [0.15, 0.2) is 12.4 Å². The first kappa shape index (κ1) is 9.24. The van der Waals surface area contributed by atoms with Crippen LogP contribution < -0.4 is 0 Å². The van der Waals surface area contributed by atoms with Gasteiger partial charge in [-0.25, -0.2) is 9.78 Å². The summed E-state index contributed by atoms with van der Waals surface area (Å²) in [5.74, 6) is 0.862. The molecule has 0 amide bonds. The smallest absolute Gasteiger partial charge is 0.329 e. The van der Waals surface area contributed by atoms with Crippen molar-refractivity contribution < 1.29 is 9.53 Å². The molecule has 2 heterocycles. The lowest BCUT2D eigenvalue weighted by Crippen LogP contribution is -2.26. The van der Waals surface area contributed by atoms with Crippen molar-refractivity contribution in [2.24, 2.45) is 0 Å². The Morgan fingerprint density at radius 1 is 1.79 bits per heavy atom. The fourth-order valence-electron chi connectivity index (χ4n) is 1.88. The van der Waals surface area contributed by atoms with Crippen LogP contribution in [-0.2, 0) is 16.0 Å². The van der Waals surface area contributed by atoms with Crippen LogP contribution in [0.5, 0.6) is 0 Å². The van der Waals surface area contributed by atoms with Gasteiger partial charge >= 0.3 is 5.97 Å². The lowest BCUT2D eigenvalue weighted by molar-refractivity contribution is -0.147. The number of hydrogen-bond donors (Lipinski definition) is 0. The highest BCUT2D eigenvalue weighted by Gasteiger charge is 2.26. The third kappa shape index (κ3) is 1.52. The zero-order valence-corrected chi connectivity index (χ0v) is 8.27. The first-order chi connectivity index (χ1) is 6.83. The molecular weight excluding hydrogens is 180 g/mol. The van der Waals surface area contributed by atoms with E-state index in [1.165, 1.54) is 0 Å². The number of carbonyl (C=O) groups excluding carboxylic acids is 1. The van der Waals surface area contributed by atoms with Crippen molar-refractivity contribution in [3.05, 3.63) is 18.2 Å². The van der Waals surface area contributed by atoms with Gasteiger partial charge in [0, 0.05) is 18.8 Å². The highest BCUT2D eigenvalue weighted by molar-refractivity contribution is 5.74. The van der Waals surface area contributed by atoms with E-state index in [0.29, 0.717) is 6.61 Å². The average molecular weight is 194 g/mol. The largest absolute Gasteiger partial charge is 0.464 e. The van der Waals surface area contributed by atoms with Crippen molar-refractivity contribution in [3.8, 4) is 0 Å². The minimum absolute atomic E-state index is 0.133. The van der Waals surface area contributed by atoms with Gasteiger partial charge < -0.3 is 9.30 Å². The molecule has 4 nitrogen and oxygen atoms in total. The number of nitrogens with zero attached hydrogens (tertiary/aromatic N) is 2. The Balaban J connectivity index is 2.19. The van der Waals surface area contributed by atoms with Gasteiger partial charge in [0.15, 0.2) is 0 Å². The molecular formula is C10H14N2O2. The predicted molar refractivity (Wildman–Crippen MR) is 50.8 cm³/mol. The van der Waals surface area contributed by atoms with Crippen molar-refractivity contribution >= 4 is 5.97 Å². The van der Waals surface area contributed by atoms with Crippen LogP contribution in [0.2, 0.25) is 0 Å². The highest BCUT2D eigenvalue weighted by atomic mass is 16.5. The molecule has 0 radical (unpaired) electrons. The molecule has 0 saturated heterocycles. The van der Waals surface area contributed by atoms with Crippen LogP contribution >= 0.6 is 0 Å². The van der Waals surface area contributed by atoms with E-state index in [0.717, 1.165) is 25.1 Å². The summed E-state index contributed by atoms with van der Waals surface area (Å²) in [5.41, 5.74) is 0. The zero-order valence-electron chi connectivity index (χ0n) is 8.27. The van der Waals surface area contributed by atoms with Gasteiger partial charge in [-0.15, -0.1) is 0 Å². The average Bonchev–Trinajstić information content (AvgIpc) is 2.65. The lowest BCUT2D eigenvalue weighted by atomic mass is 10.1. The number of imidazole rings is 1. The number of rotatable bonds is 2. The molecule has 0 aromatic carbocycles. The number of esters is 1. The molecule has 0 N–H and O–H groups in total. The predicted octanol–water partition coefficient (Wildman–Crippen LogP) is 1.32. The second-order valence-electron chi connectivity index (χ2n) is 3.41. The third-order valence-corrected chi connectivity index (χ3v) is 2.52. The zero-order chi connectivity index (χ0) is 9.97. The van der Waals surface area contributed by atoms with E-state index in [2.05, 4.69) is 4.98 Å². The van der Waals surface area contributed by atoms with E-state index in [4.69, 9.17) is 4.74 Å². The molecule has 1 aliphatic rings. The summed E-state index contributed by atoms with van der Waals surface area (Å²) in [4.78, 5) is 15.8. The summed E-state index contributed by atoms with van der Waals surface area (Å²) < 4.78 is 6.95. The molecule has 0 spiro atoms. The monoisotopic (exact) mass is 194 g/mol. The van der Waals surface area contributed by atoms with E-state index in [1.54, 1.807) is 6.20 Å². The number of fused-ring (bicyclic) bond motifs is 1. The summed E-state index contributed by atoms with van der Waals surface area (Å²) in [5, 5.41) is 0. The van der Waals surface area contributed by atoms with E-state index in [1.807, 2.05) is 17.7 Å². The third-order valence-electron chi connectivity index (χ3n) is 2.52. The summed E-state index contributed by atoms with van der Waals surface area (Å²) in [6.07, 6.45) is 6.44. The summed E-state index contributed by atoms with van der Waals surface area (Å²) >= 11 is 0. The quantitative estimate of drug-likeness (QED) is 0.667. The SMILES string of the molecule is CCOC(=O)[C@H]1CCCc2nccn21. The van der Waals surface area contributed by atoms with Crippen molar-refractivity contribution in [3.63, 3.8) is 0 Å². The number of ether oxygens (including phenoxy) is 1. The van der Waals surface area contributed by atoms with E-state index >= 15 is 0 Å².